The van der Waals surface area contributed by atoms with Gasteiger partial charge in [0.15, 0.2) is 11.3 Å². The van der Waals surface area contributed by atoms with Crippen molar-refractivity contribution in [1.29, 1.82) is 0 Å². The van der Waals surface area contributed by atoms with E-state index in [9.17, 15) is 9.59 Å². The Morgan fingerprint density at radius 2 is 1.92 bits per heavy atom. The van der Waals surface area contributed by atoms with Crippen LogP contribution in [0.1, 0.15) is 54.4 Å². The number of nitrogens with zero attached hydrogens (tertiary/aromatic N) is 2. The summed E-state index contributed by atoms with van der Waals surface area (Å²) in [4.78, 5) is 24.9. The molecule has 212 valence electrons. The van der Waals surface area contributed by atoms with E-state index in [2.05, 4.69) is 44.3 Å². The van der Waals surface area contributed by atoms with Gasteiger partial charge in [-0.1, -0.05) is 32.2 Å². The lowest BCUT2D eigenvalue weighted by molar-refractivity contribution is -0.118. The first-order valence-electron chi connectivity index (χ1n) is 12.9. The zero-order valence-electron chi connectivity index (χ0n) is 23.2. The molecule has 2 unspecified atom stereocenters. The van der Waals surface area contributed by atoms with Gasteiger partial charge in [-0.15, -0.1) is 0 Å². The average Bonchev–Trinajstić information content (AvgIpc) is 3.19. The summed E-state index contributed by atoms with van der Waals surface area (Å²) in [5, 5.41) is 2.88. The largest absolute Gasteiger partial charge is 0.378 e. The molecule has 1 amide bonds. The van der Waals surface area contributed by atoms with Gasteiger partial charge in [-0.05, 0) is 34.1 Å². The van der Waals surface area contributed by atoms with Crippen molar-refractivity contribution in [3.05, 3.63) is 24.7 Å². The molecule has 2 rings (SSSR count). The maximum Gasteiger partial charge on any atom is 0.259 e. The standard InChI is InChI=1S/C25H44N3O7PS/c1-9-20-23(24(31-8)25(34-20)27-12-11-21(29)26-19(27)7)35-36(28(17(3)4)18(5)6)33-14-13-32-15-16-37-22(30)10-2/h11-12,17-18,20,23-25H,7,9-10,13-16H2,1-6,8H3,(H,26,29)/t20-,23?,24+,25-,36?/m1/s1. The molecular weight excluding hydrogens is 517 g/mol. The summed E-state index contributed by atoms with van der Waals surface area (Å²) in [6.45, 7) is 17.6. The third-order valence-corrected chi connectivity index (χ3v) is 8.98. The molecule has 0 bridgehead atoms. The number of hydrogen-bond acceptors (Lipinski definition) is 10. The van der Waals surface area contributed by atoms with Crippen LogP contribution < -0.4 is 5.32 Å². The minimum atomic E-state index is -1.47. The third-order valence-electron chi connectivity index (χ3n) is 5.87. The van der Waals surface area contributed by atoms with Crippen LogP contribution in [0.15, 0.2) is 24.7 Å². The molecule has 1 N–H and O–H groups in total. The fourth-order valence-electron chi connectivity index (χ4n) is 4.19. The quantitative estimate of drug-likeness (QED) is 0.220. The van der Waals surface area contributed by atoms with Crippen LogP contribution in [0.4, 0.5) is 0 Å². The molecule has 0 aliphatic carbocycles. The van der Waals surface area contributed by atoms with E-state index < -0.39 is 27.0 Å². The van der Waals surface area contributed by atoms with E-state index in [0.29, 0.717) is 44.2 Å². The molecule has 0 aromatic heterocycles. The van der Waals surface area contributed by atoms with Crippen molar-refractivity contribution in [3.63, 3.8) is 0 Å². The van der Waals surface area contributed by atoms with E-state index in [1.165, 1.54) is 17.8 Å². The molecule has 0 aromatic rings. The van der Waals surface area contributed by atoms with Crippen molar-refractivity contribution in [2.75, 3.05) is 32.7 Å². The Bertz CT molecular complexity index is 777. The summed E-state index contributed by atoms with van der Waals surface area (Å²) in [6, 6.07) is 0.366. The molecule has 2 aliphatic rings. The zero-order valence-corrected chi connectivity index (χ0v) is 24.9. The molecule has 0 radical (unpaired) electrons. The molecule has 0 spiro atoms. The van der Waals surface area contributed by atoms with Crippen LogP contribution in [0.5, 0.6) is 0 Å². The first-order chi connectivity index (χ1) is 17.6. The highest BCUT2D eigenvalue weighted by Gasteiger charge is 2.50. The third kappa shape index (κ3) is 9.28. The van der Waals surface area contributed by atoms with E-state index in [4.69, 9.17) is 23.3 Å². The summed E-state index contributed by atoms with van der Waals surface area (Å²) in [5.41, 5.74) is 0. The Morgan fingerprint density at radius 1 is 1.22 bits per heavy atom. The summed E-state index contributed by atoms with van der Waals surface area (Å²) < 4.78 is 33.2. The van der Waals surface area contributed by atoms with E-state index in [1.807, 2.05) is 13.8 Å². The second kappa shape index (κ2) is 16.2. The summed E-state index contributed by atoms with van der Waals surface area (Å²) in [6.07, 6.45) is 2.73. The number of thioether (sulfide) groups is 1. The van der Waals surface area contributed by atoms with Crippen molar-refractivity contribution in [3.8, 4) is 0 Å². The molecule has 5 atom stereocenters. The highest BCUT2D eigenvalue weighted by atomic mass is 32.2. The Balaban J connectivity index is 2.10. The molecule has 10 nitrogen and oxygen atoms in total. The van der Waals surface area contributed by atoms with Crippen molar-refractivity contribution in [2.45, 2.75) is 91.0 Å². The van der Waals surface area contributed by atoms with Crippen molar-refractivity contribution >= 4 is 31.3 Å². The van der Waals surface area contributed by atoms with Gasteiger partial charge in [-0.25, -0.2) is 4.67 Å². The van der Waals surface area contributed by atoms with E-state index in [-0.39, 0.29) is 29.2 Å². The fourth-order valence-corrected chi connectivity index (χ4v) is 6.57. The van der Waals surface area contributed by atoms with Gasteiger partial charge >= 0.3 is 0 Å². The van der Waals surface area contributed by atoms with Crippen LogP contribution in [0, 0.1) is 0 Å². The first-order valence-corrected chi connectivity index (χ1v) is 15.0. The Hall–Kier alpha value is -1.04. The summed E-state index contributed by atoms with van der Waals surface area (Å²) in [7, 11) is 0.165. The molecule has 1 saturated heterocycles. The lowest BCUT2D eigenvalue weighted by Gasteiger charge is -2.38. The van der Waals surface area contributed by atoms with Crippen molar-refractivity contribution in [1.82, 2.24) is 14.9 Å². The molecule has 0 saturated carbocycles. The van der Waals surface area contributed by atoms with Crippen LogP contribution in [0.2, 0.25) is 0 Å². The van der Waals surface area contributed by atoms with E-state index >= 15 is 0 Å². The van der Waals surface area contributed by atoms with Gasteiger partial charge in [0.1, 0.15) is 18.0 Å². The number of methoxy groups -OCH3 is 1. The summed E-state index contributed by atoms with van der Waals surface area (Å²) >= 11 is 1.29. The lowest BCUT2D eigenvalue weighted by atomic mass is 10.1. The molecule has 37 heavy (non-hydrogen) atoms. The predicted octanol–water partition coefficient (Wildman–Crippen LogP) is 3.99. The Morgan fingerprint density at radius 3 is 2.49 bits per heavy atom. The molecule has 0 aromatic carbocycles. The minimum Gasteiger partial charge on any atom is -0.378 e. The topological polar surface area (TPSA) is 98.8 Å². The number of nitrogens with one attached hydrogen (secondary N) is 1. The molecule has 2 aliphatic heterocycles. The highest BCUT2D eigenvalue weighted by Crippen LogP contribution is 2.50. The van der Waals surface area contributed by atoms with E-state index in [1.54, 1.807) is 18.2 Å². The number of rotatable bonds is 16. The first kappa shape index (κ1) is 32.2. The zero-order chi connectivity index (χ0) is 27.5. The van der Waals surface area contributed by atoms with Gasteiger partial charge in [-0.2, -0.15) is 0 Å². The monoisotopic (exact) mass is 561 g/mol. The number of ether oxygens (including phenoxy) is 3. The molecule has 12 heteroatoms. The smallest absolute Gasteiger partial charge is 0.259 e. The SMILES string of the molecule is C=C1NC(=O)C=CN1[C@@H]1O[C@H](CC)C(OP(OCCOCCSC(=O)CC)N(C(C)C)C(C)C)[C@@H]1OC. The molecular formula is C25H44N3O7PS. The van der Waals surface area contributed by atoms with Gasteiger partial charge in [-0.3, -0.25) is 9.59 Å². The molecule has 1 fully saturated rings. The maximum atomic E-state index is 11.7. The van der Waals surface area contributed by atoms with Crippen molar-refractivity contribution < 1.29 is 32.8 Å². The van der Waals surface area contributed by atoms with Crippen molar-refractivity contribution in [2.24, 2.45) is 0 Å². The van der Waals surface area contributed by atoms with Crippen LogP contribution in [0.25, 0.3) is 0 Å². The number of hydrogen-bond donors (Lipinski definition) is 1. The second-order valence-corrected chi connectivity index (χ2v) is 11.8. The maximum absolute atomic E-state index is 11.7. The summed E-state index contributed by atoms with van der Waals surface area (Å²) in [5.74, 6) is 0.829. The number of carbonyl (C=O) groups excluding carboxylic acids is 2. The van der Waals surface area contributed by atoms with Crippen LogP contribution in [-0.4, -0.2) is 89.9 Å². The van der Waals surface area contributed by atoms with Crippen LogP contribution in [0.3, 0.4) is 0 Å². The molecule has 2 heterocycles. The van der Waals surface area contributed by atoms with Crippen LogP contribution >= 0.6 is 20.3 Å². The Labute approximate surface area is 227 Å². The second-order valence-electron chi connectivity index (χ2n) is 9.23. The normalized spacial score (nSPS) is 25.0. The van der Waals surface area contributed by atoms with E-state index in [0.717, 1.165) is 0 Å². The number of carbonyl (C=O) groups is 2. The van der Waals surface area contributed by atoms with Gasteiger partial charge < -0.3 is 33.5 Å². The number of amides is 1. The fraction of sp³-hybridized carbons (Fsp3) is 0.760. The van der Waals surface area contributed by atoms with Gasteiger partial charge in [0.25, 0.3) is 14.4 Å². The Kier molecular flexibility index (Phi) is 14.0. The van der Waals surface area contributed by atoms with Crippen LogP contribution in [-0.2, 0) is 32.8 Å². The van der Waals surface area contributed by atoms with Gasteiger partial charge in [0.05, 0.1) is 25.9 Å². The average molecular weight is 562 g/mol. The van der Waals surface area contributed by atoms with Gasteiger partial charge in [0.2, 0.25) is 0 Å². The predicted molar refractivity (Wildman–Crippen MR) is 146 cm³/mol. The van der Waals surface area contributed by atoms with Gasteiger partial charge in [0, 0.05) is 43.6 Å². The minimum absolute atomic E-state index is 0.169. The highest BCUT2D eigenvalue weighted by molar-refractivity contribution is 8.13. The lowest BCUT2D eigenvalue weighted by Crippen LogP contribution is -2.47.